The Kier molecular flexibility index (Phi) is 3.76. The van der Waals surface area contributed by atoms with Gasteiger partial charge in [-0.3, -0.25) is 0 Å². The quantitative estimate of drug-likeness (QED) is 0.850. The number of rotatable bonds is 4. The van der Waals surface area contributed by atoms with Gasteiger partial charge in [-0.2, -0.15) is 0 Å². The molecule has 1 N–H and O–H groups in total. The van der Waals surface area contributed by atoms with Crippen LogP contribution >= 0.6 is 23.1 Å². The minimum absolute atomic E-state index is 0.106. The molecule has 0 aliphatic rings. The van der Waals surface area contributed by atoms with E-state index in [0.29, 0.717) is 10.2 Å². The zero-order valence-electron chi connectivity index (χ0n) is 8.58. The zero-order chi connectivity index (χ0) is 11.4. The van der Waals surface area contributed by atoms with Crippen molar-refractivity contribution in [1.29, 1.82) is 0 Å². The van der Waals surface area contributed by atoms with Crippen molar-refractivity contribution in [1.82, 2.24) is 10.2 Å². The van der Waals surface area contributed by atoms with Crippen LogP contribution in [0.2, 0.25) is 0 Å². The van der Waals surface area contributed by atoms with Crippen LogP contribution in [0.4, 0.5) is 0 Å². The van der Waals surface area contributed by atoms with Crippen LogP contribution in [0.1, 0.15) is 5.01 Å². The van der Waals surface area contributed by atoms with Crippen molar-refractivity contribution in [3.05, 3.63) is 29.3 Å². The molecule has 1 heterocycles. The van der Waals surface area contributed by atoms with Gasteiger partial charge in [-0.1, -0.05) is 28.6 Å². The van der Waals surface area contributed by atoms with Crippen LogP contribution in [0.25, 0.3) is 0 Å². The molecule has 1 aromatic carbocycles. The predicted octanol–water partition coefficient (Wildman–Crippen LogP) is 2.54. The first kappa shape index (κ1) is 11.4. The van der Waals surface area contributed by atoms with E-state index >= 15 is 0 Å². The number of hydrogen-bond acceptors (Lipinski definition) is 6. The van der Waals surface area contributed by atoms with Crippen LogP contribution in [0.5, 0.6) is 10.9 Å². The van der Waals surface area contributed by atoms with Crippen molar-refractivity contribution in [3.63, 3.8) is 0 Å². The van der Waals surface area contributed by atoms with Crippen molar-refractivity contribution in [2.75, 3.05) is 6.26 Å². The monoisotopic (exact) mass is 254 g/mol. The largest absolute Gasteiger partial charge is 0.429 e. The van der Waals surface area contributed by atoms with Gasteiger partial charge in [0.25, 0.3) is 5.19 Å². The van der Waals surface area contributed by atoms with Gasteiger partial charge in [0.05, 0.1) is 6.61 Å². The van der Waals surface area contributed by atoms with Gasteiger partial charge in [0.15, 0.2) is 0 Å². The van der Waals surface area contributed by atoms with Crippen LogP contribution < -0.4 is 4.74 Å². The summed E-state index contributed by atoms with van der Waals surface area (Å²) in [6.45, 7) is -0.106. The molecule has 0 aliphatic heterocycles. The van der Waals surface area contributed by atoms with Crippen molar-refractivity contribution in [2.24, 2.45) is 0 Å². The highest BCUT2D eigenvalue weighted by Gasteiger charge is 2.07. The molecule has 0 amide bonds. The maximum Gasteiger partial charge on any atom is 0.299 e. The topological polar surface area (TPSA) is 55.2 Å². The number of aliphatic hydroxyl groups is 1. The SMILES string of the molecule is CSc1ccccc1Oc1nnc(CO)s1. The lowest BCUT2D eigenvalue weighted by atomic mass is 10.3. The fourth-order valence-electron chi connectivity index (χ4n) is 1.14. The Balaban J connectivity index is 2.19. The van der Waals surface area contributed by atoms with Crippen molar-refractivity contribution >= 4 is 23.1 Å². The van der Waals surface area contributed by atoms with E-state index in [1.165, 1.54) is 11.3 Å². The fraction of sp³-hybridized carbons (Fsp3) is 0.200. The third-order valence-corrected chi connectivity index (χ3v) is 3.41. The molecule has 0 aliphatic carbocycles. The van der Waals surface area contributed by atoms with Crippen LogP contribution in [0.3, 0.4) is 0 Å². The van der Waals surface area contributed by atoms with Crippen LogP contribution in [-0.4, -0.2) is 21.6 Å². The summed E-state index contributed by atoms with van der Waals surface area (Å²) in [4.78, 5) is 1.04. The first-order valence-electron chi connectivity index (χ1n) is 4.57. The second kappa shape index (κ2) is 5.29. The summed E-state index contributed by atoms with van der Waals surface area (Å²) in [5.41, 5.74) is 0. The van der Waals surface area contributed by atoms with Gasteiger partial charge in [-0.05, 0) is 18.4 Å². The van der Waals surface area contributed by atoms with Crippen molar-refractivity contribution < 1.29 is 9.84 Å². The van der Waals surface area contributed by atoms with Crippen LogP contribution in [-0.2, 0) is 6.61 Å². The molecule has 1 aromatic heterocycles. The Morgan fingerprint density at radius 3 is 2.88 bits per heavy atom. The Bertz CT molecular complexity index is 473. The number of aliphatic hydroxyl groups excluding tert-OH is 1. The Morgan fingerprint density at radius 2 is 2.19 bits per heavy atom. The zero-order valence-corrected chi connectivity index (χ0v) is 10.2. The maximum absolute atomic E-state index is 8.87. The molecule has 0 atom stereocenters. The van der Waals surface area contributed by atoms with Gasteiger partial charge >= 0.3 is 0 Å². The number of para-hydroxylation sites is 1. The lowest BCUT2D eigenvalue weighted by Gasteiger charge is -2.05. The summed E-state index contributed by atoms with van der Waals surface area (Å²) in [7, 11) is 0. The van der Waals surface area contributed by atoms with Gasteiger partial charge in [0, 0.05) is 4.90 Å². The van der Waals surface area contributed by atoms with Gasteiger partial charge < -0.3 is 9.84 Å². The Morgan fingerprint density at radius 1 is 1.38 bits per heavy atom. The number of thioether (sulfide) groups is 1. The number of nitrogens with zero attached hydrogens (tertiary/aromatic N) is 2. The molecule has 0 saturated heterocycles. The second-order valence-electron chi connectivity index (χ2n) is 2.87. The summed E-state index contributed by atoms with van der Waals surface area (Å²) in [5, 5.41) is 17.5. The molecule has 0 saturated carbocycles. The van der Waals surface area contributed by atoms with Gasteiger partial charge in [0.1, 0.15) is 10.8 Å². The highest BCUT2D eigenvalue weighted by Crippen LogP contribution is 2.32. The summed E-state index contributed by atoms with van der Waals surface area (Å²) in [5.74, 6) is 0.760. The normalized spacial score (nSPS) is 10.4. The first-order chi connectivity index (χ1) is 7.83. The summed E-state index contributed by atoms with van der Waals surface area (Å²) >= 11 is 2.85. The molecule has 0 bridgehead atoms. The molecule has 0 spiro atoms. The minimum Gasteiger partial charge on any atom is -0.429 e. The van der Waals surface area contributed by atoms with E-state index in [2.05, 4.69) is 10.2 Å². The molecule has 4 nitrogen and oxygen atoms in total. The summed E-state index contributed by atoms with van der Waals surface area (Å²) < 4.78 is 5.60. The third-order valence-electron chi connectivity index (χ3n) is 1.85. The number of ether oxygens (including phenoxy) is 1. The lowest BCUT2D eigenvalue weighted by molar-refractivity contribution is 0.280. The lowest BCUT2D eigenvalue weighted by Crippen LogP contribution is -1.85. The highest BCUT2D eigenvalue weighted by molar-refractivity contribution is 7.98. The van der Waals surface area contributed by atoms with E-state index in [4.69, 9.17) is 9.84 Å². The predicted molar refractivity (Wildman–Crippen MR) is 64.1 cm³/mol. The van der Waals surface area contributed by atoms with Gasteiger partial charge in [-0.25, -0.2) is 0 Å². The van der Waals surface area contributed by atoms with E-state index in [0.717, 1.165) is 10.6 Å². The Hall–Kier alpha value is -1.11. The Labute approximate surface area is 101 Å². The number of benzene rings is 1. The van der Waals surface area contributed by atoms with Crippen LogP contribution in [0, 0.1) is 0 Å². The van der Waals surface area contributed by atoms with Gasteiger partial charge in [0.2, 0.25) is 0 Å². The van der Waals surface area contributed by atoms with Gasteiger partial charge in [-0.15, -0.1) is 16.9 Å². The van der Waals surface area contributed by atoms with Crippen molar-refractivity contribution in [2.45, 2.75) is 11.5 Å². The third kappa shape index (κ3) is 2.52. The standard InChI is InChI=1S/C10H10N2O2S2/c1-15-8-5-3-2-4-7(8)14-10-12-11-9(6-13)16-10/h2-5,13H,6H2,1H3. The highest BCUT2D eigenvalue weighted by atomic mass is 32.2. The molecule has 6 heteroatoms. The molecular weight excluding hydrogens is 244 g/mol. The van der Waals surface area contributed by atoms with E-state index in [-0.39, 0.29) is 6.61 Å². The summed E-state index contributed by atoms with van der Waals surface area (Å²) in [6, 6.07) is 7.72. The smallest absolute Gasteiger partial charge is 0.299 e. The fourth-order valence-corrected chi connectivity index (χ4v) is 2.23. The molecule has 2 rings (SSSR count). The molecule has 0 unspecified atom stereocenters. The van der Waals surface area contributed by atoms with E-state index < -0.39 is 0 Å². The average molecular weight is 254 g/mol. The minimum atomic E-state index is -0.106. The molecule has 0 fully saturated rings. The molecule has 84 valence electrons. The first-order valence-corrected chi connectivity index (χ1v) is 6.61. The van der Waals surface area contributed by atoms with E-state index in [1.807, 2.05) is 30.5 Å². The number of aromatic nitrogens is 2. The molecule has 2 aromatic rings. The molecular formula is C10H10N2O2S2. The van der Waals surface area contributed by atoms with Crippen LogP contribution in [0.15, 0.2) is 29.2 Å². The van der Waals surface area contributed by atoms with E-state index in [1.54, 1.807) is 11.8 Å². The molecule has 16 heavy (non-hydrogen) atoms. The maximum atomic E-state index is 8.87. The van der Waals surface area contributed by atoms with E-state index in [9.17, 15) is 0 Å². The summed E-state index contributed by atoms with van der Waals surface area (Å²) in [6.07, 6.45) is 1.99. The van der Waals surface area contributed by atoms with Crippen molar-refractivity contribution in [3.8, 4) is 10.9 Å². The average Bonchev–Trinajstić information content (AvgIpc) is 2.77. The molecule has 0 radical (unpaired) electrons. The second-order valence-corrected chi connectivity index (χ2v) is 4.75. The number of hydrogen-bond donors (Lipinski definition) is 1.